The first-order chi connectivity index (χ1) is 9.97. The molecule has 1 amide bonds. The molecule has 0 saturated heterocycles. The van der Waals surface area contributed by atoms with Crippen molar-refractivity contribution in [2.45, 2.75) is 45.6 Å². The molecular weight excluding hydrogens is 266 g/mol. The highest BCUT2D eigenvalue weighted by molar-refractivity contribution is 5.95. The van der Waals surface area contributed by atoms with Gasteiger partial charge in [0.15, 0.2) is 0 Å². The summed E-state index contributed by atoms with van der Waals surface area (Å²) in [6.45, 7) is 5.59. The van der Waals surface area contributed by atoms with Crippen molar-refractivity contribution in [2.75, 3.05) is 0 Å². The van der Waals surface area contributed by atoms with Crippen LogP contribution in [0.3, 0.4) is 0 Å². The standard InChI is InChI=1S/C17H23NO3/c1-4-13-7-9-14(10-8-13)11-12-15(19)18-17(5-2,6-3)16(20)21/h7-12H,4-6H2,1-3H3,(H,18,19)(H,20,21). The quantitative estimate of drug-likeness (QED) is 0.758. The van der Waals surface area contributed by atoms with Gasteiger partial charge in [-0.05, 0) is 36.5 Å². The Hall–Kier alpha value is -2.10. The third kappa shape index (κ3) is 4.45. The van der Waals surface area contributed by atoms with Crippen LogP contribution in [-0.2, 0) is 16.0 Å². The van der Waals surface area contributed by atoms with Crippen LogP contribution < -0.4 is 5.32 Å². The molecule has 0 aromatic heterocycles. The molecule has 0 aliphatic rings. The lowest BCUT2D eigenvalue weighted by Crippen LogP contribution is -2.53. The molecule has 0 spiro atoms. The van der Waals surface area contributed by atoms with Gasteiger partial charge in [-0.15, -0.1) is 0 Å². The molecule has 0 heterocycles. The normalized spacial score (nSPS) is 11.6. The molecule has 21 heavy (non-hydrogen) atoms. The highest BCUT2D eigenvalue weighted by Gasteiger charge is 2.35. The number of benzene rings is 1. The number of amides is 1. The molecule has 1 aromatic carbocycles. The van der Waals surface area contributed by atoms with Gasteiger partial charge in [0.25, 0.3) is 0 Å². The molecule has 0 aliphatic heterocycles. The second-order valence-electron chi connectivity index (χ2n) is 5.01. The average Bonchev–Trinajstić information content (AvgIpc) is 2.50. The van der Waals surface area contributed by atoms with Gasteiger partial charge in [-0.1, -0.05) is 45.0 Å². The van der Waals surface area contributed by atoms with E-state index < -0.39 is 11.5 Å². The van der Waals surface area contributed by atoms with E-state index in [9.17, 15) is 14.7 Å². The highest BCUT2D eigenvalue weighted by Crippen LogP contribution is 2.15. The number of carbonyl (C=O) groups excluding carboxylic acids is 1. The smallest absolute Gasteiger partial charge is 0.329 e. The zero-order valence-corrected chi connectivity index (χ0v) is 12.8. The lowest BCUT2D eigenvalue weighted by atomic mass is 9.93. The topological polar surface area (TPSA) is 66.4 Å². The maximum atomic E-state index is 11.9. The molecule has 0 aliphatic carbocycles. The summed E-state index contributed by atoms with van der Waals surface area (Å²) < 4.78 is 0. The summed E-state index contributed by atoms with van der Waals surface area (Å²) in [5.41, 5.74) is 0.961. The van der Waals surface area contributed by atoms with Crippen molar-refractivity contribution in [3.8, 4) is 0 Å². The second kappa shape index (κ2) is 7.62. The third-order valence-corrected chi connectivity index (χ3v) is 3.79. The fourth-order valence-electron chi connectivity index (χ4n) is 2.10. The molecule has 0 saturated carbocycles. The minimum atomic E-state index is -1.19. The van der Waals surface area contributed by atoms with Crippen LogP contribution in [0.25, 0.3) is 6.08 Å². The lowest BCUT2D eigenvalue weighted by molar-refractivity contribution is -0.147. The highest BCUT2D eigenvalue weighted by atomic mass is 16.4. The fraction of sp³-hybridized carbons (Fsp3) is 0.412. The molecule has 114 valence electrons. The number of hydrogen-bond acceptors (Lipinski definition) is 2. The van der Waals surface area contributed by atoms with Crippen LogP contribution in [0.2, 0.25) is 0 Å². The zero-order chi connectivity index (χ0) is 15.9. The maximum absolute atomic E-state index is 11.9. The molecular formula is C17H23NO3. The second-order valence-corrected chi connectivity index (χ2v) is 5.01. The molecule has 0 radical (unpaired) electrons. The van der Waals surface area contributed by atoms with Gasteiger partial charge in [-0.2, -0.15) is 0 Å². The molecule has 0 atom stereocenters. The van der Waals surface area contributed by atoms with E-state index in [1.54, 1.807) is 19.9 Å². The first kappa shape index (κ1) is 17.0. The van der Waals surface area contributed by atoms with E-state index in [-0.39, 0.29) is 5.91 Å². The van der Waals surface area contributed by atoms with Gasteiger partial charge >= 0.3 is 5.97 Å². The summed E-state index contributed by atoms with van der Waals surface area (Å²) in [4.78, 5) is 23.2. The Morgan fingerprint density at radius 1 is 1.14 bits per heavy atom. The SMILES string of the molecule is CCc1ccc(C=CC(=O)NC(CC)(CC)C(=O)O)cc1. The Morgan fingerprint density at radius 3 is 2.14 bits per heavy atom. The van der Waals surface area contributed by atoms with Crippen LogP contribution in [0, 0.1) is 0 Å². The van der Waals surface area contributed by atoms with Gasteiger partial charge < -0.3 is 10.4 Å². The largest absolute Gasteiger partial charge is 0.480 e. The van der Waals surface area contributed by atoms with E-state index in [2.05, 4.69) is 12.2 Å². The van der Waals surface area contributed by atoms with E-state index in [0.29, 0.717) is 12.8 Å². The summed E-state index contributed by atoms with van der Waals surface area (Å²) in [7, 11) is 0. The first-order valence-electron chi connectivity index (χ1n) is 7.30. The van der Waals surface area contributed by atoms with Crippen LogP contribution in [0.4, 0.5) is 0 Å². The van der Waals surface area contributed by atoms with Crippen molar-refractivity contribution in [1.82, 2.24) is 5.32 Å². The van der Waals surface area contributed by atoms with Gasteiger partial charge in [0.05, 0.1) is 0 Å². The Balaban J connectivity index is 2.75. The molecule has 1 rings (SSSR count). The average molecular weight is 289 g/mol. The molecule has 1 aromatic rings. The Kier molecular flexibility index (Phi) is 6.15. The van der Waals surface area contributed by atoms with Gasteiger partial charge in [0.2, 0.25) is 5.91 Å². The van der Waals surface area contributed by atoms with E-state index in [4.69, 9.17) is 0 Å². The van der Waals surface area contributed by atoms with Gasteiger partial charge in [0, 0.05) is 6.08 Å². The molecule has 2 N–H and O–H groups in total. The summed E-state index contributed by atoms with van der Waals surface area (Å²) in [6.07, 6.45) is 4.74. The number of nitrogens with one attached hydrogen (secondary N) is 1. The van der Waals surface area contributed by atoms with Crippen molar-refractivity contribution in [2.24, 2.45) is 0 Å². The van der Waals surface area contributed by atoms with E-state index in [0.717, 1.165) is 12.0 Å². The summed E-state index contributed by atoms with van der Waals surface area (Å²) >= 11 is 0. The predicted octanol–water partition coefficient (Wildman–Crippen LogP) is 3.02. The maximum Gasteiger partial charge on any atom is 0.329 e. The molecule has 0 unspecified atom stereocenters. The molecule has 4 heteroatoms. The summed E-state index contributed by atoms with van der Waals surface area (Å²) in [5.74, 6) is -1.39. The Labute approximate surface area is 125 Å². The van der Waals surface area contributed by atoms with E-state index in [1.165, 1.54) is 11.6 Å². The minimum Gasteiger partial charge on any atom is -0.480 e. The number of aryl methyl sites for hydroxylation is 1. The first-order valence-corrected chi connectivity index (χ1v) is 7.30. The van der Waals surface area contributed by atoms with Crippen molar-refractivity contribution in [3.05, 3.63) is 41.5 Å². The number of carboxylic acid groups (broad SMARTS) is 1. The zero-order valence-electron chi connectivity index (χ0n) is 12.8. The van der Waals surface area contributed by atoms with Gasteiger partial charge in [-0.25, -0.2) is 4.79 Å². The van der Waals surface area contributed by atoms with Crippen molar-refractivity contribution < 1.29 is 14.7 Å². The number of rotatable bonds is 7. The predicted molar refractivity (Wildman–Crippen MR) is 83.9 cm³/mol. The number of carbonyl (C=O) groups is 2. The number of hydrogen-bond donors (Lipinski definition) is 2. The van der Waals surface area contributed by atoms with Crippen molar-refractivity contribution in [1.29, 1.82) is 0 Å². The summed E-state index contributed by atoms with van der Waals surface area (Å²) in [5, 5.41) is 11.9. The van der Waals surface area contributed by atoms with Crippen molar-refractivity contribution in [3.63, 3.8) is 0 Å². The van der Waals surface area contributed by atoms with Crippen molar-refractivity contribution >= 4 is 18.0 Å². The number of carboxylic acids is 1. The minimum absolute atomic E-state index is 0.351. The van der Waals surface area contributed by atoms with Gasteiger partial charge in [-0.3, -0.25) is 4.79 Å². The monoisotopic (exact) mass is 289 g/mol. The third-order valence-electron chi connectivity index (χ3n) is 3.79. The molecule has 0 bridgehead atoms. The fourth-order valence-corrected chi connectivity index (χ4v) is 2.10. The van der Waals surface area contributed by atoms with Gasteiger partial charge in [0.1, 0.15) is 5.54 Å². The van der Waals surface area contributed by atoms with Crippen LogP contribution >= 0.6 is 0 Å². The molecule has 0 fully saturated rings. The van der Waals surface area contributed by atoms with Crippen LogP contribution in [0.1, 0.15) is 44.7 Å². The van der Waals surface area contributed by atoms with Crippen LogP contribution in [-0.4, -0.2) is 22.5 Å². The van der Waals surface area contributed by atoms with Crippen LogP contribution in [0.5, 0.6) is 0 Å². The number of aliphatic carboxylic acids is 1. The molecule has 4 nitrogen and oxygen atoms in total. The Morgan fingerprint density at radius 2 is 1.71 bits per heavy atom. The van der Waals surface area contributed by atoms with Crippen LogP contribution in [0.15, 0.2) is 30.3 Å². The lowest BCUT2D eigenvalue weighted by Gasteiger charge is -2.27. The summed E-state index contributed by atoms with van der Waals surface area (Å²) in [6, 6.07) is 7.90. The Bertz CT molecular complexity index is 513. The van der Waals surface area contributed by atoms with E-state index in [1.807, 2.05) is 24.3 Å². The van der Waals surface area contributed by atoms with E-state index >= 15 is 0 Å².